The van der Waals surface area contributed by atoms with E-state index >= 15 is 0 Å². The van der Waals surface area contributed by atoms with Gasteiger partial charge in [0.05, 0.1) is 24.4 Å². The van der Waals surface area contributed by atoms with Gasteiger partial charge < -0.3 is 9.29 Å². The third-order valence-electron chi connectivity index (χ3n) is 5.69. The highest BCUT2D eigenvalue weighted by molar-refractivity contribution is 7.91. The number of aromatic nitrogens is 2. The van der Waals surface area contributed by atoms with E-state index in [1.54, 1.807) is 28.8 Å². The molecule has 0 bridgehead atoms. The third kappa shape index (κ3) is 5.31. The van der Waals surface area contributed by atoms with Crippen molar-refractivity contribution >= 4 is 12.2 Å². The van der Waals surface area contributed by atoms with Crippen LogP contribution in [0.4, 0.5) is 13.2 Å². The molecule has 0 aliphatic carbocycles. The van der Waals surface area contributed by atoms with Gasteiger partial charge in [-0.2, -0.15) is 0 Å². The summed E-state index contributed by atoms with van der Waals surface area (Å²) in [5.74, 6) is -1.91. The lowest BCUT2D eigenvalue weighted by atomic mass is 9.99. The topological polar surface area (TPSA) is 58.5 Å². The normalized spacial score (nSPS) is 13.7. The van der Waals surface area contributed by atoms with E-state index in [-0.39, 0.29) is 18.9 Å². The molecule has 9 heteroatoms. The number of halogens is 3. The lowest BCUT2D eigenvalue weighted by molar-refractivity contribution is 0.276. The second kappa shape index (κ2) is 10.5. The summed E-state index contributed by atoms with van der Waals surface area (Å²) < 4.78 is 60.0. The maximum absolute atomic E-state index is 14.8. The van der Waals surface area contributed by atoms with Gasteiger partial charge in [0, 0.05) is 25.5 Å². The van der Waals surface area contributed by atoms with Crippen molar-refractivity contribution in [3.8, 4) is 17.1 Å². The Morgan fingerprint density at radius 3 is 2.58 bits per heavy atom. The maximum atomic E-state index is 14.8. The number of hydrogen-bond donors (Lipinski definition) is 1. The Balaban J connectivity index is 1.36. The highest BCUT2D eigenvalue weighted by Gasteiger charge is 2.25. The predicted octanol–water partition coefficient (Wildman–Crippen LogP) is 5.61. The van der Waals surface area contributed by atoms with Crippen molar-refractivity contribution < 1.29 is 22.5 Å². The Morgan fingerprint density at radius 2 is 1.88 bits per heavy atom. The minimum Gasteiger partial charge on any atom is -0.488 e. The quantitative estimate of drug-likeness (QED) is 0.260. The first-order valence-corrected chi connectivity index (χ1v) is 11.5. The van der Waals surface area contributed by atoms with Crippen LogP contribution >= 0.6 is 12.2 Å². The number of aryl methyl sites for hydroxylation is 2. The number of nitrogens with zero attached hydrogens (tertiary/aromatic N) is 3. The standard InChI is InChI=1S/C24H24F3N3O2S/c1-2-15-12-28-24(29-13-15)19-6-5-16(10-20(19)25)4-3-9-32-23-21(26)11-17-14-30(33-31)8-7-18(17)22(23)27/h5-6,10-13,31H,2-4,7-9,14H2,1H3. The summed E-state index contributed by atoms with van der Waals surface area (Å²) in [6.07, 6.45) is 5.50. The van der Waals surface area contributed by atoms with Crippen LogP contribution in [0.1, 0.15) is 35.6 Å². The van der Waals surface area contributed by atoms with Gasteiger partial charge in [-0.3, -0.25) is 0 Å². The van der Waals surface area contributed by atoms with Crippen LogP contribution in [0.3, 0.4) is 0 Å². The Hall–Kier alpha value is -2.62. The second-order valence-electron chi connectivity index (χ2n) is 7.87. The van der Waals surface area contributed by atoms with Gasteiger partial charge in [0.1, 0.15) is 5.82 Å². The van der Waals surface area contributed by atoms with E-state index in [0.717, 1.165) is 17.5 Å². The largest absolute Gasteiger partial charge is 0.488 e. The van der Waals surface area contributed by atoms with Crippen molar-refractivity contribution in [2.45, 2.75) is 39.2 Å². The lowest BCUT2D eigenvalue weighted by Crippen LogP contribution is -2.26. The van der Waals surface area contributed by atoms with E-state index in [1.807, 2.05) is 6.92 Å². The molecule has 33 heavy (non-hydrogen) atoms. The van der Waals surface area contributed by atoms with Crippen molar-refractivity contribution in [3.05, 3.63) is 76.4 Å². The zero-order valence-electron chi connectivity index (χ0n) is 18.2. The van der Waals surface area contributed by atoms with Crippen LogP contribution in [0.25, 0.3) is 11.4 Å². The molecule has 3 aromatic rings. The molecule has 1 aliphatic rings. The Bertz CT molecular complexity index is 1130. The van der Waals surface area contributed by atoms with Gasteiger partial charge in [-0.05, 0) is 66.1 Å². The number of ether oxygens (including phenoxy) is 1. The minimum absolute atomic E-state index is 0.0935. The molecule has 1 aromatic heterocycles. The molecule has 0 saturated heterocycles. The summed E-state index contributed by atoms with van der Waals surface area (Å²) in [6.45, 7) is 2.82. The van der Waals surface area contributed by atoms with E-state index in [1.165, 1.54) is 12.1 Å². The first kappa shape index (κ1) is 23.5. The summed E-state index contributed by atoms with van der Waals surface area (Å²) in [6, 6.07) is 6.13. The summed E-state index contributed by atoms with van der Waals surface area (Å²) in [4.78, 5) is 8.43. The fourth-order valence-electron chi connectivity index (χ4n) is 3.83. The van der Waals surface area contributed by atoms with Gasteiger partial charge in [-0.15, -0.1) is 0 Å². The minimum atomic E-state index is -0.763. The molecule has 2 aromatic carbocycles. The van der Waals surface area contributed by atoms with Crippen molar-refractivity contribution in [3.63, 3.8) is 0 Å². The molecule has 0 saturated carbocycles. The fourth-order valence-corrected chi connectivity index (χ4v) is 4.20. The molecule has 1 aliphatic heterocycles. The Labute approximate surface area is 195 Å². The van der Waals surface area contributed by atoms with Crippen LogP contribution in [0, 0.1) is 17.5 Å². The van der Waals surface area contributed by atoms with E-state index in [0.29, 0.717) is 60.6 Å². The van der Waals surface area contributed by atoms with Gasteiger partial charge in [0.15, 0.2) is 23.2 Å². The zero-order valence-corrected chi connectivity index (χ0v) is 19.0. The second-order valence-corrected chi connectivity index (χ2v) is 8.55. The monoisotopic (exact) mass is 475 g/mol. The first-order chi connectivity index (χ1) is 16.0. The third-order valence-corrected chi connectivity index (χ3v) is 6.23. The number of fused-ring (bicyclic) bond motifs is 1. The van der Waals surface area contributed by atoms with Gasteiger partial charge >= 0.3 is 0 Å². The van der Waals surface area contributed by atoms with Gasteiger partial charge in [-0.1, -0.05) is 13.0 Å². The molecular weight excluding hydrogens is 451 g/mol. The molecule has 0 atom stereocenters. The summed E-state index contributed by atoms with van der Waals surface area (Å²) in [5.41, 5.74) is 2.98. The highest BCUT2D eigenvalue weighted by Crippen LogP contribution is 2.32. The van der Waals surface area contributed by atoms with Crippen LogP contribution in [0.5, 0.6) is 5.75 Å². The van der Waals surface area contributed by atoms with E-state index in [2.05, 4.69) is 9.97 Å². The number of benzene rings is 2. The van der Waals surface area contributed by atoms with Crippen molar-refractivity contribution in [2.24, 2.45) is 0 Å². The molecule has 0 amide bonds. The summed E-state index contributed by atoms with van der Waals surface area (Å²) in [7, 11) is 0. The molecular formula is C24H24F3N3O2S. The van der Waals surface area contributed by atoms with Gasteiger partial charge in [0.2, 0.25) is 0 Å². The molecule has 0 fully saturated rings. The van der Waals surface area contributed by atoms with Crippen LogP contribution in [-0.2, 0) is 25.8 Å². The fraction of sp³-hybridized carbons (Fsp3) is 0.333. The predicted molar refractivity (Wildman–Crippen MR) is 121 cm³/mol. The lowest BCUT2D eigenvalue weighted by Gasteiger charge is -2.26. The average Bonchev–Trinajstić information content (AvgIpc) is 2.83. The molecule has 1 N–H and O–H groups in total. The molecule has 4 rings (SSSR count). The zero-order chi connectivity index (χ0) is 23.4. The van der Waals surface area contributed by atoms with Crippen molar-refractivity contribution in [1.29, 1.82) is 0 Å². The van der Waals surface area contributed by atoms with E-state index in [4.69, 9.17) is 9.29 Å². The molecule has 174 valence electrons. The number of hydrogen-bond acceptors (Lipinski definition) is 6. The van der Waals surface area contributed by atoms with Crippen LogP contribution < -0.4 is 4.74 Å². The summed E-state index contributed by atoms with van der Waals surface area (Å²) in [5, 5.41) is 0. The maximum Gasteiger partial charge on any atom is 0.191 e. The Morgan fingerprint density at radius 1 is 1.09 bits per heavy atom. The molecule has 5 nitrogen and oxygen atoms in total. The van der Waals surface area contributed by atoms with Crippen molar-refractivity contribution in [2.75, 3.05) is 13.2 Å². The van der Waals surface area contributed by atoms with Crippen LogP contribution in [-0.4, -0.2) is 32.0 Å². The number of rotatable bonds is 8. The van der Waals surface area contributed by atoms with E-state index in [9.17, 15) is 13.2 Å². The SMILES string of the molecule is CCc1cnc(-c2ccc(CCCOc3c(F)cc4c(c3F)CCN(SO)C4)cc2F)nc1. The average molecular weight is 476 g/mol. The van der Waals surface area contributed by atoms with Gasteiger partial charge in [0.25, 0.3) is 0 Å². The molecule has 0 spiro atoms. The van der Waals surface area contributed by atoms with Crippen LogP contribution in [0.15, 0.2) is 36.7 Å². The molecule has 0 unspecified atom stereocenters. The smallest absolute Gasteiger partial charge is 0.191 e. The highest BCUT2D eigenvalue weighted by atomic mass is 32.2. The first-order valence-electron chi connectivity index (χ1n) is 10.8. The van der Waals surface area contributed by atoms with Gasteiger partial charge in [-0.25, -0.2) is 27.4 Å². The van der Waals surface area contributed by atoms with Crippen LogP contribution in [0.2, 0.25) is 0 Å². The van der Waals surface area contributed by atoms with Crippen molar-refractivity contribution in [1.82, 2.24) is 14.3 Å². The summed E-state index contributed by atoms with van der Waals surface area (Å²) >= 11 is 0.565. The van der Waals surface area contributed by atoms with E-state index < -0.39 is 17.5 Å². The molecule has 2 heterocycles. The Kier molecular flexibility index (Phi) is 7.52. The molecule has 0 radical (unpaired) electrons.